The monoisotopic (exact) mass is 413 g/mol. The molecule has 0 aliphatic rings. The van der Waals surface area contributed by atoms with Crippen molar-refractivity contribution in [2.75, 3.05) is 19.0 Å². The highest BCUT2D eigenvalue weighted by Gasteiger charge is 2.13. The summed E-state index contributed by atoms with van der Waals surface area (Å²) in [5, 5.41) is 12.1. The van der Waals surface area contributed by atoms with Crippen LogP contribution in [0.15, 0.2) is 40.9 Å². The molecule has 0 atom stereocenters. The molecule has 126 valence electrons. The number of ether oxygens (including phenoxy) is 2. The number of rotatable bonds is 6. The second-order valence-electron chi connectivity index (χ2n) is 4.63. The van der Waals surface area contributed by atoms with E-state index in [2.05, 4.69) is 21.2 Å². The first-order chi connectivity index (χ1) is 11.4. The summed E-state index contributed by atoms with van der Waals surface area (Å²) in [6, 6.07) is 9.30. The van der Waals surface area contributed by atoms with Gasteiger partial charge in [-0.3, -0.25) is 4.79 Å². The van der Waals surface area contributed by atoms with E-state index in [0.29, 0.717) is 20.9 Å². The fraction of sp³-hybridized carbons (Fsp3) is 0.125. The first-order valence-corrected chi connectivity index (χ1v) is 7.87. The first kappa shape index (κ1) is 18.1. The van der Waals surface area contributed by atoms with Crippen LogP contribution in [0.25, 0.3) is 0 Å². The van der Waals surface area contributed by atoms with Gasteiger partial charge in [0.15, 0.2) is 6.61 Å². The third kappa shape index (κ3) is 4.62. The van der Waals surface area contributed by atoms with Crippen molar-refractivity contribution >= 4 is 45.1 Å². The molecule has 6 nitrogen and oxygen atoms in total. The summed E-state index contributed by atoms with van der Waals surface area (Å²) in [6.07, 6.45) is 0. The number of nitrogens with one attached hydrogen (secondary N) is 1. The van der Waals surface area contributed by atoms with E-state index in [-0.39, 0.29) is 17.9 Å². The van der Waals surface area contributed by atoms with Gasteiger partial charge in [0.1, 0.15) is 17.1 Å². The number of amides is 1. The Balaban J connectivity index is 2.01. The summed E-state index contributed by atoms with van der Waals surface area (Å²) >= 11 is 9.17. The van der Waals surface area contributed by atoms with E-state index in [1.54, 1.807) is 24.3 Å². The lowest BCUT2D eigenvalue weighted by molar-refractivity contribution is -0.118. The molecule has 2 rings (SSSR count). The first-order valence-electron chi connectivity index (χ1n) is 6.69. The summed E-state index contributed by atoms with van der Waals surface area (Å²) in [5.74, 6) is -0.996. The van der Waals surface area contributed by atoms with E-state index in [4.69, 9.17) is 26.2 Å². The normalized spacial score (nSPS) is 10.1. The number of anilines is 1. The lowest BCUT2D eigenvalue weighted by atomic mass is 10.2. The summed E-state index contributed by atoms with van der Waals surface area (Å²) in [6.45, 7) is -0.342. The molecule has 0 aliphatic heterocycles. The Labute approximate surface area is 151 Å². The van der Waals surface area contributed by atoms with Crippen LogP contribution in [0.3, 0.4) is 0 Å². The summed E-state index contributed by atoms with van der Waals surface area (Å²) in [5.41, 5.74) is 0.438. The number of carboxylic acids is 1. The maximum atomic E-state index is 11.9. The van der Waals surface area contributed by atoms with Crippen molar-refractivity contribution < 1.29 is 24.2 Å². The molecule has 8 heteroatoms. The van der Waals surface area contributed by atoms with Crippen molar-refractivity contribution in [2.24, 2.45) is 0 Å². The minimum Gasteiger partial charge on any atom is -0.495 e. The molecule has 0 aliphatic carbocycles. The number of aromatic carboxylic acids is 1. The standard InChI is InChI=1S/C16H13BrClNO5/c1-23-14-5-3-10(7-12(14)18)19-15(20)8-24-13-4-2-9(17)6-11(13)16(21)22/h2-7H,8H2,1H3,(H,19,20)(H,21,22). The predicted molar refractivity (Wildman–Crippen MR) is 93.2 cm³/mol. The molecule has 0 saturated carbocycles. The minimum absolute atomic E-state index is 0.0373. The lowest BCUT2D eigenvalue weighted by Crippen LogP contribution is -2.20. The summed E-state index contributed by atoms with van der Waals surface area (Å²) in [7, 11) is 1.49. The van der Waals surface area contributed by atoms with Gasteiger partial charge in [0.25, 0.3) is 5.91 Å². The molecule has 2 aromatic rings. The minimum atomic E-state index is -1.14. The number of benzene rings is 2. The van der Waals surface area contributed by atoms with Gasteiger partial charge >= 0.3 is 5.97 Å². The smallest absolute Gasteiger partial charge is 0.339 e. The Kier molecular flexibility index (Phi) is 6.05. The molecule has 24 heavy (non-hydrogen) atoms. The van der Waals surface area contributed by atoms with Gasteiger partial charge in [-0.1, -0.05) is 27.5 Å². The molecule has 0 unspecified atom stereocenters. The topological polar surface area (TPSA) is 84.9 Å². The number of carboxylic acid groups (broad SMARTS) is 1. The van der Waals surface area contributed by atoms with Crippen LogP contribution < -0.4 is 14.8 Å². The van der Waals surface area contributed by atoms with E-state index in [1.165, 1.54) is 19.2 Å². The molecule has 0 spiro atoms. The van der Waals surface area contributed by atoms with E-state index in [1.807, 2.05) is 0 Å². The molecule has 0 heterocycles. The second kappa shape index (κ2) is 8.03. The van der Waals surface area contributed by atoms with Crippen LogP contribution in [0, 0.1) is 0 Å². The molecule has 0 saturated heterocycles. The van der Waals surface area contributed by atoms with Crippen molar-refractivity contribution in [3.63, 3.8) is 0 Å². The van der Waals surface area contributed by atoms with Gasteiger partial charge < -0.3 is 19.9 Å². The maximum absolute atomic E-state index is 11.9. The quantitative estimate of drug-likeness (QED) is 0.750. The van der Waals surface area contributed by atoms with Gasteiger partial charge in [0.2, 0.25) is 0 Å². The highest BCUT2D eigenvalue weighted by Crippen LogP contribution is 2.27. The number of methoxy groups -OCH3 is 1. The van der Waals surface area contributed by atoms with Crippen molar-refractivity contribution in [3.05, 3.63) is 51.5 Å². The van der Waals surface area contributed by atoms with Gasteiger partial charge in [-0.25, -0.2) is 4.79 Å². The zero-order valence-corrected chi connectivity index (χ0v) is 14.8. The van der Waals surface area contributed by atoms with Gasteiger partial charge in [0.05, 0.1) is 12.1 Å². The summed E-state index contributed by atoms with van der Waals surface area (Å²) < 4.78 is 10.9. The Bertz CT molecular complexity index is 781. The number of carbonyl (C=O) groups is 2. The molecule has 2 aromatic carbocycles. The Hall–Kier alpha value is -2.25. The third-order valence-electron chi connectivity index (χ3n) is 2.97. The van der Waals surface area contributed by atoms with Crippen molar-refractivity contribution in [2.45, 2.75) is 0 Å². The Morgan fingerprint density at radius 3 is 2.54 bits per heavy atom. The van der Waals surface area contributed by atoms with Gasteiger partial charge in [-0.05, 0) is 36.4 Å². The van der Waals surface area contributed by atoms with Crippen LogP contribution >= 0.6 is 27.5 Å². The largest absolute Gasteiger partial charge is 0.495 e. The molecular weight excluding hydrogens is 402 g/mol. The molecular formula is C16H13BrClNO5. The van der Waals surface area contributed by atoms with Gasteiger partial charge in [-0.2, -0.15) is 0 Å². The highest BCUT2D eigenvalue weighted by molar-refractivity contribution is 9.10. The Morgan fingerprint density at radius 2 is 1.92 bits per heavy atom. The number of halogens is 2. The van der Waals surface area contributed by atoms with Crippen molar-refractivity contribution in [3.8, 4) is 11.5 Å². The number of hydrogen-bond acceptors (Lipinski definition) is 4. The Morgan fingerprint density at radius 1 is 1.21 bits per heavy atom. The van der Waals surface area contributed by atoms with Crippen LogP contribution in [-0.4, -0.2) is 30.7 Å². The predicted octanol–water partition coefficient (Wildman–Crippen LogP) is 3.83. The average Bonchev–Trinajstić information content (AvgIpc) is 2.53. The van der Waals surface area contributed by atoms with E-state index >= 15 is 0 Å². The lowest BCUT2D eigenvalue weighted by Gasteiger charge is -2.11. The molecule has 1 amide bonds. The zero-order valence-electron chi connectivity index (χ0n) is 12.5. The molecule has 0 bridgehead atoms. The third-order valence-corrected chi connectivity index (χ3v) is 3.75. The number of hydrogen-bond donors (Lipinski definition) is 2. The van der Waals surface area contributed by atoms with Crippen LogP contribution in [0.2, 0.25) is 5.02 Å². The molecule has 0 fully saturated rings. The molecule has 0 radical (unpaired) electrons. The van der Waals surface area contributed by atoms with E-state index in [0.717, 1.165) is 0 Å². The van der Waals surface area contributed by atoms with Crippen molar-refractivity contribution in [1.82, 2.24) is 0 Å². The fourth-order valence-corrected chi connectivity index (χ4v) is 2.50. The molecule has 2 N–H and O–H groups in total. The van der Waals surface area contributed by atoms with E-state index < -0.39 is 11.9 Å². The van der Waals surface area contributed by atoms with Crippen molar-refractivity contribution in [1.29, 1.82) is 0 Å². The van der Waals surface area contributed by atoms with E-state index in [9.17, 15) is 9.59 Å². The zero-order chi connectivity index (χ0) is 17.7. The van der Waals surface area contributed by atoms with Crippen LogP contribution in [0.1, 0.15) is 10.4 Å². The highest BCUT2D eigenvalue weighted by atomic mass is 79.9. The van der Waals surface area contributed by atoms with Crippen LogP contribution in [-0.2, 0) is 4.79 Å². The van der Waals surface area contributed by atoms with Gasteiger partial charge in [0, 0.05) is 10.2 Å². The van der Waals surface area contributed by atoms with Crippen LogP contribution in [0.4, 0.5) is 5.69 Å². The van der Waals surface area contributed by atoms with Gasteiger partial charge in [-0.15, -0.1) is 0 Å². The second-order valence-corrected chi connectivity index (χ2v) is 5.95. The summed E-state index contributed by atoms with van der Waals surface area (Å²) in [4.78, 5) is 23.1. The van der Waals surface area contributed by atoms with Crippen LogP contribution in [0.5, 0.6) is 11.5 Å². The number of carbonyl (C=O) groups excluding carboxylic acids is 1. The SMILES string of the molecule is COc1ccc(NC(=O)COc2ccc(Br)cc2C(=O)O)cc1Cl. The fourth-order valence-electron chi connectivity index (χ4n) is 1.88. The maximum Gasteiger partial charge on any atom is 0.339 e. The average molecular weight is 415 g/mol. The molecule has 0 aromatic heterocycles.